The van der Waals surface area contributed by atoms with E-state index in [1.807, 2.05) is 24.3 Å². The van der Waals surface area contributed by atoms with Crippen LogP contribution in [0.5, 0.6) is 5.75 Å². The molecule has 0 saturated carbocycles. The number of hydrogen-bond donors (Lipinski definition) is 0. The molecule has 0 spiro atoms. The van der Waals surface area contributed by atoms with Gasteiger partial charge in [0.25, 0.3) is 0 Å². The Morgan fingerprint density at radius 1 is 0.962 bits per heavy atom. The Bertz CT molecular complexity index is 614. The van der Waals surface area contributed by atoms with E-state index < -0.39 is 8.07 Å². The fourth-order valence-corrected chi connectivity index (χ4v) is 9.27. The molecule has 0 unspecified atom stereocenters. The average molecular weight is 375 g/mol. The minimum atomic E-state index is -1.84. The summed E-state index contributed by atoms with van der Waals surface area (Å²) in [6.45, 7) is 13.8. The van der Waals surface area contributed by atoms with E-state index in [0.717, 1.165) is 11.3 Å². The van der Waals surface area contributed by atoms with Crippen molar-refractivity contribution in [2.24, 2.45) is 0 Å². The van der Waals surface area contributed by atoms with Gasteiger partial charge in [-0.25, -0.2) is 0 Å². The second-order valence-corrected chi connectivity index (χ2v) is 13.4. The fourth-order valence-electron chi connectivity index (χ4n) is 3.98. The van der Waals surface area contributed by atoms with Crippen molar-refractivity contribution in [1.29, 1.82) is 0 Å². The predicted molar refractivity (Wildman–Crippen MR) is 111 cm³/mol. The highest BCUT2D eigenvalue weighted by molar-refractivity contribution is 6.90. The molecule has 0 bridgehead atoms. The van der Waals surface area contributed by atoms with Crippen LogP contribution in [-0.4, -0.2) is 28.3 Å². The zero-order valence-electron chi connectivity index (χ0n) is 17.6. The first-order valence-corrected chi connectivity index (χ1v) is 11.7. The van der Waals surface area contributed by atoms with Gasteiger partial charge in [0.1, 0.15) is 13.8 Å². The van der Waals surface area contributed by atoms with E-state index >= 15 is 0 Å². The summed E-state index contributed by atoms with van der Waals surface area (Å²) in [5.41, 5.74) is 6.45. The first kappa shape index (κ1) is 22.3. The summed E-state index contributed by atoms with van der Waals surface area (Å²) in [6, 6.07) is 7.81. The smallest absolute Gasteiger partial charge is 0.307 e. The van der Waals surface area contributed by atoms with Crippen LogP contribution >= 0.6 is 0 Å². The van der Waals surface area contributed by atoms with Crippen molar-refractivity contribution in [2.75, 3.05) is 14.2 Å². The number of carbonyl (C=O) groups excluding carboxylic acids is 1. The zero-order chi connectivity index (χ0) is 19.9. The van der Waals surface area contributed by atoms with Crippen LogP contribution in [0.2, 0.25) is 16.6 Å². The molecule has 0 radical (unpaired) electrons. The van der Waals surface area contributed by atoms with Crippen molar-refractivity contribution < 1.29 is 14.3 Å². The molecule has 1 atom stereocenters. The van der Waals surface area contributed by atoms with Gasteiger partial charge in [-0.05, 0) is 34.3 Å². The first-order chi connectivity index (χ1) is 12.2. The standard InChI is InChI=1S/C22H34O3Si/c1-16(2)26(17(3)4,18(5)6)14-13-20(15-22(23)25-8)19-9-11-21(24-7)12-10-19/h9-12,16-18,20H,15H2,1-8H3/t20-/m1/s1. The van der Waals surface area contributed by atoms with E-state index in [-0.39, 0.29) is 18.3 Å². The number of benzene rings is 1. The third kappa shape index (κ3) is 5.14. The molecular formula is C22H34O3Si. The lowest BCUT2D eigenvalue weighted by molar-refractivity contribution is -0.140. The Labute approximate surface area is 160 Å². The van der Waals surface area contributed by atoms with Gasteiger partial charge in [-0.2, -0.15) is 0 Å². The minimum Gasteiger partial charge on any atom is -0.497 e. The van der Waals surface area contributed by atoms with Gasteiger partial charge in [-0.15, -0.1) is 11.5 Å². The molecule has 0 heterocycles. The van der Waals surface area contributed by atoms with Crippen molar-refractivity contribution in [3.8, 4) is 17.2 Å². The maximum absolute atomic E-state index is 11.9. The summed E-state index contributed by atoms with van der Waals surface area (Å²) in [5, 5.41) is 0. The number of methoxy groups -OCH3 is 2. The van der Waals surface area contributed by atoms with Crippen molar-refractivity contribution >= 4 is 14.0 Å². The summed E-state index contributed by atoms with van der Waals surface area (Å²) in [6.07, 6.45) is 0.272. The van der Waals surface area contributed by atoms with Crippen molar-refractivity contribution in [3.05, 3.63) is 29.8 Å². The Kier molecular flexibility index (Phi) is 8.43. The Morgan fingerprint density at radius 3 is 1.85 bits per heavy atom. The van der Waals surface area contributed by atoms with Crippen LogP contribution in [0.3, 0.4) is 0 Å². The summed E-state index contributed by atoms with van der Waals surface area (Å²) in [5.74, 6) is 3.91. The molecule has 0 N–H and O–H groups in total. The zero-order valence-corrected chi connectivity index (χ0v) is 18.6. The predicted octanol–water partition coefficient (Wildman–Crippen LogP) is 5.56. The quantitative estimate of drug-likeness (QED) is 0.356. The molecule has 0 aliphatic heterocycles. The fraction of sp³-hybridized carbons (Fsp3) is 0.591. The topological polar surface area (TPSA) is 35.5 Å². The lowest BCUT2D eigenvalue weighted by atomic mass is 9.96. The van der Waals surface area contributed by atoms with Crippen LogP contribution in [-0.2, 0) is 9.53 Å². The first-order valence-electron chi connectivity index (χ1n) is 9.42. The summed E-state index contributed by atoms with van der Waals surface area (Å²) >= 11 is 0. The van der Waals surface area contributed by atoms with Crippen LogP contribution in [0.4, 0.5) is 0 Å². The SMILES string of the molecule is COC(=O)C[C@@H](C#C[Si](C(C)C)(C(C)C)C(C)C)c1ccc(OC)cc1. The van der Waals surface area contributed by atoms with E-state index in [1.54, 1.807) is 7.11 Å². The lowest BCUT2D eigenvalue weighted by Gasteiger charge is -2.38. The van der Waals surface area contributed by atoms with Crippen LogP contribution in [0.1, 0.15) is 59.4 Å². The van der Waals surface area contributed by atoms with Crippen LogP contribution in [0.15, 0.2) is 24.3 Å². The number of ether oxygens (including phenoxy) is 2. The Balaban J connectivity index is 3.35. The van der Waals surface area contributed by atoms with E-state index in [4.69, 9.17) is 9.47 Å². The molecule has 0 saturated heterocycles. The monoisotopic (exact) mass is 374 g/mol. The third-order valence-electron chi connectivity index (χ3n) is 5.45. The number of rotatable bonds is 7. The molecule has 0 aliphatic carbocycles. The minimum absolute atomic E-state index is 0.156. The summed E-state index contributed by atoms with van der Waals surface area (Å²) < 4.78 is 10.1. The van der Waals surface area contributed by atoms with E-state index in [1.165, 1.54) is 7.11 Å². The lowest BCUT2D eigenvalue weighted by Crippen LogP contribution is -2.43. The molecule has 4 heteroatoms. The van der Waals surface area contributed by atoms with Gasteiger partial charge in [0.05, 0.1) is 26.6 Å². The van der Waals surface area contributed by atoms with Crippen molar-refractivity contribution in [1.82, 2.24) is 0 Å². The largest absolute Gasteiger partial charge is 0.497 e. The van der Waals surface area contributed by atoms with Crippen LogP contribution in [0.25, 0.3) is 0 Å². The number of carbonyl (C=O) groups is 1. The second kappa shape index (κ2) is 9.82. The molecule has 26 heavy (non-hydrogen) atoms. The molecular weight excluding hydrogens is 340 g/mol. The second-order valence-electron chi connectivity index (χ2n) is 7.77. The van der Waals surface area contributed by atoms with Gasteiger partial charge in [-0.1, -0.05) is 53.7 Å². The van der Waals surface area contributed by atoms with Gasteiger partial charge in [0.15, 0.2) is 0 Å². The summed E-state index contributed by atoms with van der Waals surface area (Å²) in [7, 11) is 1.23. The normalized spacial score (nSPS) is 12.7. The molecule has 1 aromatic rings. The Morgan fingerprint density at radius 2 is 1.46 bits per heavy atom. The van der Waals surface area contributed by atoms with Gasteiger partial charge in [-0.3, -0.25) is 4.79 Å². The maximum Gasteiger partial charge on any atom is 0.307 e. The van der Waals surface area contributed by atoms with E-state index in [0.29, 0.717) is 16.6 Å². The highest BCUT2D eigenvalue weighted by atomic mass is 28.3. The number of hydrogen-bond acceptors (Lipinski definition) is 3. The van der Waals surface area contributed by atoms with Gasteiger partial charge < -0.3 is 9.47 Å². The van der Waals surface area contributed by atoms with E-state index in [9.17, 15) is 4.79 Å². The molecule has 0 aromatic heterocycles. The molecule has 1 aromatic carbocycles. The van der Waals surface area contributed by atoms with Crippen molar-refractivity contribution in [3.63, 3.8) is 0 Å². The van der Waals surface area contributed by atoms with Crippen LogP contribution in [0, 0.1) is 11.5 Å². The van der Waals surface area contributed by atoms with Gasteiger partial charge in [0, 0.05) is 0 Å². The molecule has 0 aliphatic rings. The highest BCUT2D eigenvalue weighted by Gasteiger charge is 2.41. The van der Waals surface area contributed by atoms with E-state index in [2.05, 4.69) is 53.0 Å². The van der Waals surface area contributed by atoms with Crippen molar-refractivity contribution in [2.45, 2.75) is 70.5 Å². The van der Waals surface area contributed by atoms with Crippen LogP contribution < -0.4 is 4.74 Å². The molecule has 3 nitrogen and oxygen atoms in total. The molecule has 0 amide bonds. The molecule has 144 valence electrons. The average Bonchev–Trinajstić information content (AvgIpc) is 2.60. The third-order valence-corrected chi connectivity index (χ3v) is 11.8. The maximum atomic E-state index is 11.9. The molecule has 0 fully saturated rings. The summed E-state index contributed by atoms with van der Waals surface area (Å²) in [4.78, 5) is 11.9. The van der Waals surface area contributed by atoms with Gasteiger partial charge in [0.2, 0.25) is 0 Å². The molecule has 1 rings (SSSR count). The Hall–Kier alpha value is -1.73. The van der Waals surface area contributed by atoms with Gasteiger partial charge >= 0.3 is 5.97 Å². The highest BCUT2D eigenvalue weighted by Crippen LogP contribution is 2.41. The number of esters is 1.